The second-order valence-corrected chi connectivity index (χ2v) is 5.47. The highest BCUT2D eigenvalue weighted by Gasteiger charge is 2.16. The largest absolute Gasteiger partial charge is 0.495 e. The molecule has 2 aromatic rings. The van der Waals surface area contributed by atoms with Gasteiger partial charge in [0.25, 0.3) is 5.91 Å². The molecular formula is C16H17BrN2O3. The molecule has 0 aliphatic heterocycles. The van der Waals surface area contributed by atoms with Crippen LogP contribution in [0.3, 0.4) is 0 Å². The summed E-state index contributed by atoms with van der Waals surface area (Å²) in [5.74, 6) is 0.873. The van der Waals surface area contributed by atoms with Crippen molar-refractivity contribution in [3.8, 4) is 11.5 Å². The molecule has 0 radical (unpaired) electrons. The Morgan fingerprint density at radius 1 is 1.27 bits per heavy atom. The van der Waals surface area contributed by atoms with Crippen molar-refractivity contribution < 1.29 is 14.3 Å². The fraction of sp³-hybridized carbons (Fsp3) is 0.250. The smallest absolute Gasteiger partial charge is 0.252 e. The highest BCUT2D eigenvalue weighted by atomic mass is 79.9. The molecule has 22 heavy (non-hydrogen) atoms. The van der Waals surface area contributed by atoms with Gasteiger partial charge in [-0.05, 0) is 46.6 Å². The van der Waals surface area contributed by atoms with E-state index < -0.39 is 0 Å². The molecule has 2 rings (SSSR count). The van der Waals surface area contributed by atoms with Crippen molar-refractivity contribution in [2.24, 2.45) is 0 Å². The van der Waals surface area contributed by atoms with Gasteiger partial charge in [-0.1, -0.05) is 6.07 Å². The first-order chi connectivity index (χ1) is 10.6. The third-order valence-electron chi connectivity index (χ3n) is 3.24. The van der Waals surface area contributed by atoms with Gasteiger partial charge in [-0.25, -0.2) is 0 Å². The maximum Gasteiger partial charge on any atom is 0.252 e. The molecule has 6 heteroatoms. The first kappa shape index (κ1) is 16.3. The molecule has 0 fully saturated rings. The Balaban J connectivity index is 2.22. The molecule has 0 unspecified atom stereocenters. The average molecular weight is 365 g/mol. The van der Waals surface area contributed by atoms with Gasteiger partial charge >= 0.3 is 0 Å². The standard InChI is InChI=1S/C16H17BrN2O3/c1-10(11-5-4-6-18-9-11)19-16(20)12-7-13(21-2)15(17)14(8-12)22-3/h4-10H,1-3H3,(H,19,20)/t10-/m1/s1. The summed E-state index contributed by atoms with van der Waals surface area (Å²) in [6.45, 7) is 1.90. The summed E-state index contributed by atoms with van der Waals surface area (Å²) >= 11 is 3.38. The minimum atomic E-state index is -0.208. The van der Waals surface area contributed by atoms with E-state index >= 15 is 0 Å². The summed E-state index contributed by atoms with van der Waals surface area (Å²) in [4.78, 5) is 16.5. The van der Waals surface area contributed by atoms with E-state index in [1.165, 1.54) is 0 Å². The SMILES string of the molecule is COc1cc(C(=O)N[C@H](C)c2cccnc2)cc(OC)c1Br. The maximum atomic E-state index is 12.4. The number of nitrogens with one attached hydrogen (secondary N) is 1. The van der Waals surface area contributed by atoms with Crippen molar-refractivity contribution in [3.05, 3.63) is 52.3 Å². The second kappa shape index (κ2) is 7.26. The van der Waals surface area contributed by atoms with Crippen LogP contribution in [0, 0.1) is 0 Å². The average Bonchev–Trinajstić information content (AvgIpc) is 2.55. The zero-order valence-electron chi connectivity index (χ0n) is 12.6. The third-order valence-corrected chi connectivity index (χ3v) is 4.02. The van der Waals surface area contributed by atoms with E-state index in [4.69, 9.17) is 9.47 Å². The van der Waals surface area contributed by atoms with Gasteiger partial charge in [0, 0.05) is 18.0 Å². The Hall–Kier alpha value is -2.08. The van der Waals surface area contributed by atoms with Gasteiger partial charge in [-0.2, -0.15) is 0 Å². The summed E-state index contributed by atoms with van der Waals surface area (Å²) < 4.78 is 11.2. The summed E-state index contributed by atoms with van der Waals surface area (Å²) in [5, 5.41) is 2.93. The monoisotopic (exact) mass is 364 g/mol. The van der Waals surface area contributed by atoms with E-state index in [9.17, 15) is 4.79 Å². The van der Waals surface area contributed by atoms with E-state index in [0.29, 0.717) is 21.5 Å². The van der Waals surface area contributed by atoms with Crippen molar-refractivity contribution in [2.75, 3.05) is 14.2 Å². The Morgan fingerprint density at radius 2 is 1.91 bits per heavy atom. The molecule has 1 aromatic heterocycles. The number of methoxy groups -OCH3 is 2. The van der Waals surface area contributed by atoms with Gasteiger partial charge in [-0.3, -0.25) is 9.78 Å². The molecule has 1 amide bonds. The van der Waals surface area contributed by atoms with Crippen molar-refractivity contribution in [1.29, 1.82) is 0 Å². The van der Waals surface area contributed by atoms with Gasteiger partial charge in [0.15, 0.2) is 0 Å². The summed E-state index contributed by atoms with van der Waals surface area (Å²) in [6.07, 6.45) is 3.43. The van der Waals surface area contributed by atoms with Crippen LogP contribution in [-0.2, 0) is 0 Å². The fourth-order valence-electron chi connectivity index (χ4n) is 2.00. The van der Waals surface area contributed by atoms with Crippen molar-refractivity contribution in [2.45, 2.75) is 13.0 Å². The van der Waals surface area contributed by atoms with Crippen LogP contribution in [0.4, 0.5) is 0 Å². The lowest BCUT2D eigenvalue weighted by atomic mass is 10.1. The molecule has 1 atom stereocenters. The lowest BCUT2D eigenvalue weighted by Gasteiger charge is -2.15. The van der Waals surface area contributed by atoms with Gasteiger partial charge in [0.2, 0.25) is 0 Å². The van der Waals surface area contributed by atoms with Gasteiger partial charge in [0.1, 0.15) is 16.0 Å². The van der Waals surface area contributed by atoms with E-state index in [-0.39, 0.29) is 11.9 Å². The number of hydrogen-bond acceptors (Lipinski definition) is 4. The number of carbonyl (C=O) groups excluding carboxylic acids is 1. The van der Waals surface area contributed by atoms with Crippen molar-refractivity contribution >= 4 is 21.8 Å². The quantitative estimate of drug-likeness (QED) is 0.883. The number of carbonyl (C=O) groups is 1. The molecule has 0 spiro atoms. The molecule has 1 aromatic carbocycles. The number of nitrogens with zero attached hydrogens (tertiary/aromatic N) is 1. The maximum absolute atomic E-state index is 12.4. The molecule has 0 bridgehead atoms. The van der Waals surface area contributed by atoms with Gasteiger partial charge in [0.05, 0.1) is 20.3 Å². The summed E-state index contributed by atoms with van der Waals surface area (Å²) in [6, 6.07) is 6.93. The van der Waals surface area contributed by atoms with Crippen LogP contribution in [0.2, 0.25) is 0 Å². The number of hydrogen-bond donors (Lipinski definition) is 1. The molecule has 0 saturated carbocycles. The van der Waals surface area contributed by atoms with Crippen LogP contribution in [-0.4, -0.2) is 25.1 Å². The number of aromatic nitrogens is 1. The van der Waals surface area contributed by atoms with Gasteiger partial charge < -0.3 is 14.8 Å². The molecule has 1 N–H and O–H groups in total. The van der Waals surface area contributed by atoms with E-state index in [2.05, 4.69) is 26.2 Å². The third kappa shape index (κ3) is 3.57. The highest BCUT2D eigenvalue weighted by Crippen LogP contribution is 2.35. The molecule has 0 aliphatic rings. The number of ether oxygens (including phenoxy) is 2. The van der Waals surface area contributed by atoms with Gasteiger partial charge in [-0.15, -0.1) is 0 Å². The second-order valence-electron chi connectivity index (χ2n) is 4.68. The molecule has 0 saturated heterocycles. The first-order valence-electron chi connectivity index (χ1n) is 6.69. The molecule has 1 heterocycles. The Bertz CT molecular complexity index is 637. The predicted octanol–water partition coefficient (Wildman–Crippen LogP) is 3.35. The molecule has 0 aliphatic carbocycles. The first-order valence-corrected chi connectivity index (χ1v) is 7.48. The number of pyridine rings is 1. The van der Waals surface area contributed by atoms with Crippen LogP contribution in [0.15, 0.2) is 41.1 Å². The topological polar surface area (TPSA) is 60.5 Å². The summed E-state index contributed by atoms with van der Waals surface area (Å²) in [7, 11) is 3.08. The fourth-order valence-corrected chi connectivity index (χ4v) is 2.55. The highest BCUT2D eigenvalue weighted by molar-refractivity contribution is 9.10. The number of amides is 1. The van der Waals surface area contributed by atoms with Crippen molar-refractivity contribution in [1.82, 2.24) is 10.3 Å². The molecule has 5 nitrogen and oxygen atoms in total. The summed E-state index contributed by atoms with van der Waals surface area (Å²) in [5.41, 5.74) is 1.40. The number of rotatable bonds is 5. The Morgan fingerprint density at radius 3 is 2.41 bits per heavy atom. The van der Waals surface area contributed by atoms with Crippen LogP contribution in [0.1, 0.15) is 28.9 Å². The predicted molar refractivity (Wildman–Crippen MR) is 87.4 cm³/mol. The van der Waals surface area contributed by atoms with Crippen LogP contribution in [0.5, 0.6) is 11.5 Å². The van der Waals surface area contributed by atoms with Crippen molar-refractivity contribution in [3.63, 3.8) is 0 Å². The van der Waals surface area contributed by atoms with Crippen LogP contribution >= 0.6 is 15.9 Å². The normalized spacial score (nSPS) is 11.6. The zero-order chi connectivity index (χ0) is 16.1. The lowest BCUT2D eigenvalue weighted by molar-refractivity contribution is 0.0939. The number of halogens is 1. The van der Waals surface area contributed by atoms with Crippen LogP contribution < -0.4 is 14.8 Å². The lowest BCUT2D eigenvalue weighted by Crippen LogP contribution is -2.26. The molecular weight excluding hydrogens is 348 g/mol. The Kier molecular flexibility index (Phi) is 5.38. The Labute approximate surface area is 137 Å². The molecule has 116 valence electrons. The zero-order valence-corrected chi connectivity index (χ0v) is 14.2. The van der Waals surface area contributed by atoms with E-state index in [0.717, 1.165) is 5.56 Å². The number of benzene rings is 1. The minimum Gasteiger partial charge on any atom is -0.495 e. The minimum absolute atomic E-state index is 0.151. The van der Waals surface area contributed by atoms with E-state index in [1.54, 1.807) is 38.7 Å². The van der Waals surface area contributed by atoms with Crippen LogP contribution in [0.25, 0.3) is 0 Å². The van der Waals surface area contributed by atoms with E-state index in [1.807, 2.05) is 19.1 Å².